The van der Waals surface area contributed by atoms with Crippen LogP contribution < -0.4 is 10.6 Å². The van der Waals surface area contributed by atoms with Gasteiger partial charge in [-0.1, -0.05) is 60.7 Å². The number of nitriles is 1. The van der Waals surface area contributed by atoms with Crippen LogP contribution in [0.4, 0.5) is 19.0 Å². The summed E-state index contributed by atoms with van der Waals surface area (Å²) in [4.78, 5) is 25.9. The standard InChI is InChI=1S/C22H20N4O.C2HF3O2/c23-15-18-11-12-20(25-16-18)26-21(19-9-5-2-6-10-19)22(27)24-14-13-17-7-3-1-4-8-17;3-2(4,5)1(6)7/h1-12,16,21H,13-14H2,(H,24,27)(H,25,26);(H,6,7). The molecular formula is C24H21F3N4O3. The van der Waals surface area contributed by atoms with E-state index >= 15 is 0 Å². The Hall–Kier alpha value is -4.39. The van der Waals surface area contributed by atoms with E-state index in [0.29, 0.717) is 17.9 Å². The minimum absolute atomic E-state index is 0.122. The molecule has 3 rings (SSSR count). The second kappa shape index (κ2) is 12.6. The fourth-order valence-corrected chi connectivity index (χ4v) is 2.72. The number of carboxylic acid groups (broad SMARTS) is 1. The molecule has 0 spiro atoms. The molecule has 1 heterocycles. The molecule has 1 aromatic heterocycles. The van der Waals surface area contributed by atoms with Gasteiger partial charge in [-0.15, -0.1) is 0 Å². The van der Waals surface area contributed by atoms with Crippen molar-refractivity contribution in [1.82, 2.24) is 10.3 Å². The molecule has 0 fully saturated rings. The second-order valence-electron chi connectivity index (χ2n) is 6.86. The Morgan fingerprint density at radius 3 is 2.09 bits per heavy atom. The van der Waals surface area contributed by atoms with Crippen molar-refractivity contribution in [2.75, 3.05) is 11.9 Å². The van der Waals surface area contributed by atoms with E-state index in [0.717, 1.165) is 12.0 Å². The number of hydrogen-bond donors (Lipinski definition) is 3. The number of hydrogen-bond acceptors (Lipinski definition) is 5. The van der Waals surface area contributed by atoms with Crippen LogP contribution in [0.5, 0.6) is 0 Å². The summed E-state index contributed by atoms with van der Waals surface area (Å²) >= 11 is 0. The van der Waals surface area contributed by atoms with Crippen molar-refractivity contribution < 1.29 is 27.9 Å². The van der Waals surface area contributed by atoms with Crippen LogP contribution in [-0.4, -0.2) is 34.7 Å². The van der Waals surface area contributed by atoms with Crippen LogP contribution in [-0.2, 0) is 16.0 Å². The van der Waals surface area contributed by atoms with Crippen molar-refractivity contribution in [1.29, 1.82) is 5.26 Å². The Kier molecular flexibility index (Phi) is 9.58. The van der Waals surface area contributed by atoms with Crippen molar-refractivity contribution in [3.8, 4) is 6.07 Å². The fourth-order valence-electron chi connectivity index (χ4n) is 2.72. The van der Waals surface area contributed by atoms with Gasteiger partial charge in [0.2, 0.25) is 5.91 Å². The minimum atomic E-state index is -5.08. The molecule has 1 atom stereocenters. The first-order valence-electron chi connectivity index (χ1n) is 10.00. The van der Waals surface area contributed by atoms with Gasteiger partial charge in [-0.2, -0.15) is 18.4 Å². The van der Waals surface area contributed by atoms with Crippen molar-refractivity contribution in [3.63, 3.8) is 0 Å². The monoisotopic (exact) mass is 470 g/mol. The molecule has 2 aromatic carbocycles. The summed E-state index contributed by atoms with van der Waals surface area (Å²) in [5.41, 5.74) is 2.50. The quantitative estimate of drug-likeness (QED) is 0.479. The number of carboxylic acids is 1. The minimum Gasteiger partial charge on any atom is -0.475 e. The molecule has 0 bridgehead atoms. The van der Waals surface area contributed by atoms with E-state index in [1.807, 2.05) is 66.7 Å². The molecule has 1 unspecified atom stereocenters. The molecule has 176 valence electrons. The lowest BCUT2D eigenvalue weighted by molar-refractivity contribution is -0.192. The number of alkyl halides is 3. The van der Waals surface area contributed by atoms with Gasteiger partial charge in [-0.05, 0) is 29.7 Å². The molecular weight excluding hydrogens is 449 g/mol. The summed E-state index contributed by atoms with van der Waals surface area (Å²) in [6.45, 7) is 0.550. The van der Waals surface area contributed by atoms with Gasteiger partial charge in [0, 0.05) is 12.7 Å². The summed E-state index contributed by atoms with van der Waals surface area (Å²) in [6.07, 6.45) is -2.83. The Labute approximate surface area is 193 Å². The maximum absolute atomic E-state index is 12.8. The van der Waals surface area contributed by atoms with Gasteiger partial charge in [0.25, 0.3) is 0 Å². The number of anilines is 1. The van der Waals surface area contributed by atoms with Gasteiger partial charge < -0.3 is 15.7 Å². The lowest BCUT2D eigenvalue weighted by Gasteiger charge is -2.19. The zero-order chi connectivity index (χ0) is 25.0. The third-order valence-electron chi connectivity index (χ3n) is 4.38. The van der Waals surface area contributed by atoms with Crippen LogP contribution in [0.25, 0.3) is 0 Å². The molecule has 0 saturated heterocycles. The highest BCUT2D eigenvalue weighted by Gasteiger charge is 2.38. The van der Waals surface area contributed by atoms with Crippen molar-refractivity contribution >= 4 is 17.7 Å². The third-order valence-corrected chi connectivity index (χ3v) is 4.38. The average Bonchev–Trinajstić information content (AvgIpc) is 2.84. The van der Waals surface area contributed by atoms with Gasteiger partial charge in [0.05, 0.1) is 5.56 Å². The predicted octanol–water partition coefficient (Wildman–Crippen LogP) is 4.10. The van der Waals surface area contributed by atoms with Crippen LogP contribution in [0, 0.1) is 11.3 Å². The molecule has 0 aliphatic rings. The highest BCUT2D eigenvalue weighted by atomic mass is 19.4. The van der Waals surface area contributed by atoms with Gasteiger partial charge in [0.15, 0.2) is 0 Å². The number of carbonyl (C=O) groups excluding carboxylic acids is 1. The number of nitrogens with zero attached hydrogens (tertiary/aromatic N) is 2. The van der Waals surface area contributed by atoms with Crippen molar-refractivity contribution in [3.05, 3.63) is 95.7 Å². The summed E-state index contributed by atoms with van der Waals surface area (Å²) in [5.74, 6) is -2.34. The first kappa shape index (κ1) is 25.9. The molecule has 10 heteroatoms. The SMILES string of the molecule is N#Cc1ccc(NC(C(=O)NCCc2ccccc2)c2ccccc2)nc1.O=C(O)C(F)(F)F. The molecule has 0 saturated carbocycles. The number of carbonyl (C=O) groups is 2. The van der Waals surface area contributed by atoms with Crippen LogP contribution in [0.1, 0.15) is 22.7 Å². The van der Waals surface area contributed by atoms with Crippen LogP contribution in [0.2, 0.25) is 0 Å². The van der Waals surface area contributed by atoms with E-state index in [2.05, 4.69) is 15.6 Å². The molecule has 0 aliphatic carbocycles. The predicted molar refractivity (Wildman–Crippen MR) is 119 cm³/mol. The first-order valence-corrected chi connectivity index (χ1v) is 10.00. The van der Waals surface area contributed by atoms with Gasteiger partial charge in [-0.25, -0.2) is 9.78 Å². The molecule has 3 aromatic rings. The van der Waals surface area contributed by atoms with Crippen LogP contribution in [0.3, 0.4) is 0 Å². The van der Waals surface area contributed by atoms with Crippen LogP contribution in [0.15, 0.2) is 79.0 Å². The van der Waals surface area contributed by atoms with Gasteiger partial charge in [0.1, 0.15) is 17.9 Å². The Balaban J connectivity index is 0.000000509. The van der Waals surface area contributed by atoms with E-state index in [1.165, 1.54) is 11.8 Å². The highest BCUT2D eigenvalue weighted by molar-refractivity contribution is 5.85. The maximum Gasteiger partial charge on any atom is 0.490 e. The molecule has 1 amide bonds. The number of rotatable bonds is 7. The maximum atomic E-state index is 12.8. The largest absolute Gasteiger partial charge is 0.490 e. The molecule has 7 nitrogen and oxygen atoms in total. The Morgan fingerprint density at radius 2 is 1.59 bits per heavy atom. The normalized spacial score (nSPS) is 11.2. The summed E-state index contributed by atoms with van der Waals surface area (Å²) in [6, 6.07) is 24.4. The topological polar surface area (TPSA) is 115 Å². The number of pyridine rings is 1. The Morgan fingerprint density at radius 1 is 1.00 bits per heavy atom. The summed E-state index contributed by atoms with van der Waals surface area (Å²) in [7, 11) is 0. The van der Waals surface area contributed by atoms with E-state index in [9.17, 15) is 18.0 Å². The highest BCUT2D eigenvalue weighted by Crippen LogP contribution is 2.19. The number of benzene rings is 2. The molecule has 34 heavy (non-hydrogen) atoms. The van der Waals surface area contributed by atoms with E-state index in [4.69, 9.17) is 15.2 Å². The fraction of sp³-hybridized carbons (Fsp3) is 0.167. The Bertz CT molecular complexity index is 1100. The average molecular weight is 470 g/mol. The lowest BCUT2D eigenvalue weighted by atomic mass is 10.1. The van der Waals surface area contributed by atoms with Crippen molar-refractivity contribution in [2.45, 2.75) is 18.6 Å². The molecule has 0 aliphatic heterocycles. The second-order valence-corrected chi connectivity index (χ2v) is 6.86. The van der Waals surface area contributed by atoms with Gasteiger partial charge in [-0.3, -0.25) is 4.79 Å². The van der Waals surface area contributed by atoms with E-state index in [-0.39, 0.29) is 5.91 Å². The number of amides is 1. The summed E-state index contributed by atoms with van der Waals surface area (Å²) < 4.78 is 31.7. The number of aliphatic carboxylic acids is 1. The number of aromatic nitrogens is 1. The number of nitrogens with one attached hydrogen (secondary N) is 2. The van der Waals surface area contributed by atoms with Gasteiger partial charge >= 0.3 is 12.1 Å². The van der Waals surface area contributed by atoms with Crippen molar-refractivity contribution in [2.24, 2.45) is 0 Å². The molecule has 3 N–H and O–H groups in total. The van der Waals surface area contributed by atoms with E-state index in [1.54, 1.807) is 12.1 Å². The first-order chi connectivity index (χ1) is 16.2. The number of halogens is 3. The summed E-state index contributed by atoms with van der Waals surface area (Å²) in [5, 5.41) is 22.2. The smallest absolute Gasteiger partial charge is 0.475 e. The van der Waals surface area contributed by atoms with Crippen LogP contribution >= 0.6 is 0 Å². The zero-order valence-corrected chi connectivity index (χ0v) is 17.8. The van der Waals surface area contributed by atoms with E-state index < -0.39 is 18.2 Å². The lowest BCUT2D eigenvalue weighted by Crippen LogP contribution is -2.34. The molecule has 0 radical (unpaired) electrons. The third kappa shape index (κ3) is 8.63. The zero-order valence-electron chi connectivity index (χ0n) is 17.8.